The number of para-hydroxylation sites is 2. The SMILES string of the molecule is Nc1ccccc1Oc1ccnc(=O)[nH]1. The van der Waals surface area contributed by atoms with Gasteiger partial charge in [0, 0.05) is 12.3 Å². The van der Waals surface area contributed by atoms with Gasteiger partial charge in [-0.1, -0.05) is 12.1 Å². The zero-order chi connectivity index (χ0) is 10.7. The van der Waals surface area contributed by atoms with E-state index in [1.165, 1.54) is 6.20 Å². The smallest absolute Gasteiger partial charge is 0.347 e. The van der Waals surface area contributed by atoms with Crippen LogP contribution in [0.5, 0.6) is 11.6 Å². The Hall–Kier alpha value is -2.30. The maximum Gasteiger partial charge on any atom is 0.347 e. The number of hydrogen-bond donors (Lipinski definition) is 2. The van der Waals surface area contributed by atoms with Gasteiger partial charge in [0.05, 0.1) is 5.69 Å². The summed E-state index contributed by atoms with van der Waals surface area (Å²) in [4.78, 5) is 16.8. The van der Waals surface area contributed by atoms with Crippen LogP contribution in [0.25, 0.3) is 0 Å². The van der Waals surface area contributed by atoms with Crippen molar-refractivity contribution >= 4 is 5.69 Å². The predicted molar refractivity (Wildman–Crippen MR) is 55.8 cm³/mol. The molecule has 76 valence electrons. The maximum absolute atomic E-state index is 10.9. The van der Waals surface area contributed by atoms with Gasteiger partial charge >= 0.3 is 5.69 Å². The van der Waals surface area contributed by atoms with Crippen molar-refractivity contribution in [2.75, 3.05) is 5.73 Å². The van der Waals surface area contributed by atoms with Crippen molar-refractivity contribution < 1.29 is 4.74 Å². The van der Waals surface area contributed by atoms with Crippen molar-refractivity contribution in [2.45, 2.75) is 0 Å². The van der Waals surface area contributed by atoms with Crippen molar-refractivity contribution in [3.05, 3.63) is 47.0 Å². The summed E-state index contributed by atoms with van der Waals surface area (Å²) in [6.07, 6.45) is 1.37. The summed E-state index contributed by atoms with van der Waals surface area (Å²) in [5, 5.41) is 0. The summed E-state index contributed by atoms with van der Waals surface area (Å²) in [6.45, 7) is 0. The number of nitrogens with zero attached hydrogens (tertiary/aromatic N) is 1. The van der Waals surface area contributed by atoms with E-state index < -0.39 is 5.69 Å². The first-order valence-corrected chi connectivity index (χ1v) is 4.33. The molecule has 0 spiro atoms. The second-order valence-corrected chi connectivity index (χ2v) is 2.88. The maximum atomic E-state index is 10.9. The highest BCUT2D eigenvalue weighted by atomic mass is 16.5. The van der Waals surface area contributed by atoms with E-state index in [2.05, 4.69) is 9.97 Å². The van der Waals surface area contributed by atoms with E-state index >= 15 is 0 Å². The largest absolute Gasteiger partial charge is 0.439 e. The monoisotopic (exact) mass is 203 g/mol. The van der Waals surface area contributed by atoms with Crippen LogP contribution in [-0.4, -0.2) is 9.97 Å². The fourth-order valence-corrected chi connectivity index (χ4v) is 1.10. The average molecular weight is 203 g/mol. The fourth-order valence-electron chi connectivity index (χ4n) is 1.10. The van der Waals surface area contributed by atoms with Crippen LogP contribution in [0, 0.1) is 0 Å². The number of benzene rings is 1. The number of rotatable bonds is 2. The number of nitrogens with two attached hydrogens (primary N) is 1. The van der Waals surface area contributed by atoms with E-state index in [1.807, 2.05) is 0 Å². The lowest BCUT2D eigenvalue weighted by atomic mass is 10.3. The van der Waals surface area contributed by atoms with Crippen LogP contribution in [0.1, 0.15) is 0 Å². The molecule has 15 heavy (non-hydrogen) atoms. The molecule has 0 atom stereocenters. The normalized spacial score (nSPS) is 9.87. The van der Waals surface area contributed by atoms with Gasteiger partial charge in [-0.05, 0) is 12.1 Å². The van der Waals surface area contributed by atoms with Gasteiger partial charge < -0.3 is 10.5 Å². The van der Waals surface area contributed by atoms with Crippen LogP contribution in [0.4, 0.5) is 5.69 Å². The van der Waals surface area contributed by atoms with Gasteiger partial charge in [-0.2, -0.15) is 0 Å². The Labute approximate surface area is 85.5 Å². The van der Waals surface area contributed by atoms with E-state index in [-0.39, 0.29) is 0 Å². The van der Waals surface area contributed by atoms with Crippen molar-refractivity contribution in [1.82, 2.24) is 9.97 Å². The van der Waals surface area contributed by atoms with Gasteiger partial charge in [0.15, 0.2) is 5.75 Å². The van der Waals surface area contributed by atoms with Crippen molar-refractivity contribution in [1.29, 1.82) is 0 Å². The first kappa shape index (κ1) is 9.26. The molecule has 0 fully saturated rings. The Kier molecular flexibility index (Phi) is 2.37. The number of hydrogen-bond acceptors (Lipinski definition) is 4. The lowest BCUT2D eigenvalue weighted by molar-refractivity contribution is 0.461. The Morgan fingerprint density at radius 2 is 2.07 bits per heavy atom. The van der Waals surface area contributed by atoms with Crippen LogP contribution < -0.4 is 16.2 Å². The summed E-state index contributed by atoms with van der Waals surface area (Å²) in [7, 11) is 0. The van der Waals surface area contributed by atoms with E-state index in [0.29, 0.717) is 17.3 Å². The average Bonchev–Trinajstić information content (AvgIpc) is 2.22. The molecule has 0 saturated carbocycles. The van der Waals surface area contributed by atoms with Crippen LogP contribution in [0.2, 0.25) is 0 Å². The molecule has 1 aromatic carbocycles. The minimum Gasteiger partial charge on any atom is -0.439 e. The predicted octanol–water partition coefficient (Wildman–Crippen LogP) is 1.14. The van der Waals surface area contributed by atoms with Crippen molar-refractivity contribution in [2.24, 2.45) is 0 Å². The molecule has 1 heterocycles. The number of H-pyrrole nitrogens is 1. The van der Waals surface area contributed by atoms with Crippen LogP contribution >= 0.6 is 0 Å². The molecule has 0 unspecified atom stereocenters. The zero-order valence-electron chi connectivity index (χ0n) is 7.81. The molecule has 0 aliphatic heterocycles. The molecule has 2 rings (SSSR count). The lowest BCUT2D eigenvalue weighted by Crippen LogP contribution is -2.09. The molecule has 5 heteroatoms. The van der Waals surface area contributed by atoms with Crippen LogP contribution in [0.15, 0.2) is 41.3 Å². The van der Waals surface area contributed by atoms with Crippen molar-refractivity contribution in [3.63, 3.8) is 0 Å². The second kappa shape index (κ2) is 3.83. The molecule has 2 aromatic rings. The Balaban J connectivity index is 2.30. The fraction of sp³-hybridized carbons (Fsp3) is 0. The molecule has 3 N–H and O–H groups in total. The first-order valence-electron chi connectivity index (χ1n) is 4.33. The number of anilines is 1. The number of nitrogens with one attached hydrogen (secondary N) is 1. The highest BCUT2D eigenvalue weighted by Crippen LogP contribution is 2.24. The molecule has 0 saturated heterocycles. The topological polar surface area (TPSA) is 81.0 Å². The van der Waals surface area contributed by atoms with Gasteiger partial charge in [0.25, 0.3) is 0 Å². The molecule has 0 aliphatic rings. The van der Waals surface area contributed by atoms with E-state index in [0.717, 1.165) is 0 Å². The summed E-state index contributed by atoms with van der Waals surface area (Å²) in [5.74, 6) is 0.812. The van der Waals surface area contributed by atoms with Gasteiger partial charge in [0.2, 0.25) is 5.88 Å². The highest BCUT2D eigenvalue weighted by Gasteiger charge is 2.00. The minimum absolute atomic E-state index is 0.313. The van der Waals surface area contributed by atoms with Gasteiger partial charge in [-0.15, -0.1) is 0 Å². The lowest BCUT2D eigenvalue weighted by Gasteiger charge is -2.06. The first-order chi connectivity index (χ1) is 7.25. The Morgan fingerprint density at radius 1 is 1.27 bits per heavy atom. The quantitative estimate of drug-likeness (QED) is 0.717. The number of ether oxygens (including phenoxy) is 1. The zero-order valence-corrected chi connectivity index (χ0v) is 7.81. The number of nitrogen functional groups attached to an aromatic ring is 1. The van der Waals surface area contributed by atoms with Crippen LogP contribution in [-0.2, 0) is 0 Å². The number of aromatic amines is 1. The molecule has 0 amide bonds. The Morgan fingerprint density at radius 3 is 2.80 bits per heavy atom. The van der Waals surface area contributed by atoms with E-state index in [1.54, 1.807) is 30.3 Å². The van der Waals surface area contributed by atoms with E-state index in [4.69, 9.17) is 10.5 Å². The van der Waals surface area contributed by atoms with Crippen LogP contribution in [0.3, 0.4) is 0 Å². The minimum atomic E-state index is -0.456. The third kappa shape index (κ3) is 2.14. The summed E-state index contributed by atoms with van der Waals surface area (Å²) < 4.78 is 5.37. The second-order valence-electron chi connectivity index (χ2n) is 2.88. The summed E-state index contributed by atoms with van der Waals surface area (Å²) in [6, 6.07) is 8.58. The molecule has 0 radical (unpaired) electrons. The number of aromatic nitrogens is 2. The highest BCUT2D eigenvalue weighted by molar-refractivity contribution is 5.52. The Bertz CT molecular complexity index is 522. The van der Waals surface area contributed by atoms with Gasteiger partial charge in [-0.25, -0.2) is 9.78 Å². The summed E-state index contributed by atoms with van der Waals surface area (Å²) in [5.41, 5.74) is 5.73. The molecular weight excluding hydrogens is 194 g/mol. The van der Waals surface area contributed by atoms with Gasteiger partial charge in [0.1, 0.15) is 0 Å². The molecular formula is C10H9N3O2. The standard InChI is InChI=1S/C10H9N3O2/c11-7-3-1-2-4-8(7)15-9-5-6-12-10(14)13-9/h1-6H,11H2,(H,12,13,14). The van der Waals surface area contributed by atoms with Gasteiger partial charge in [-0.3, -0.25) is 4.98 Å². The molecule has 0 aliphatic carbocycles. The third-order valence-corrected chi connectivity index (χ3v) is 1.79. The molecule has 1 aromatic heterocycles. The van der Waals surface area contributed by atoms with E-state index in [9.17, 15) is 4.79 Å². The van der Waals surface area contributed by atoms with Crippen molar-refractivity contribution in [3.8, 4) is 11.6 Å². The third-order valence-electron chi connectivity index (χ3n) is 1.79. The molecule has 0 bridgehead atoms. The summed E-state index contributed by atoms with van der Waals surface area (Å²) >= 11 is 0. The molecule has 5 nitrogen and oxygen atoms in total.